The third kappa shape index (κ3) is 5.33. The van der Waals surface area contributed by atoms with Gasteiger partial charge in [-0.2, -0.15) is 5.10 Å². The summed E-state index contributed by atoms with van der Waals surface area (Å²) >= 11 is 0. The SMILES string of the molecule is CCc1cc(CNCC(C)(C)CCCO)n(CC)n1. The Morgan fingerprint density at radius 1 is 1.37 bits per heavy atom. The van der Waals surface area contributed by atoms with E-state index in [1.54, 1.807) is 0 Å². The highest BCUT2D eigenvalue weighted by molar-refractivity contribution is 5.10. The van der Waals surface area contributed by atoms with Crippen molar-refractivity contribution in [3.63, 3.8) is 0 Å². The molecule has 0 fully saturated rings. The van der Waals surface area contributed by atoms with Crippen molar-refractivity contribution in [3.05, 3.63) is 17.5 Å². The van der Waals surface area contributed by atoms with E-state index in [9.17, 15) is 0 Å². The Balaban J connectivity index is 2.46. The van der Waals surface area contributed by atoms with Crippen LogP contribution in [-0.2, 0) is 19.5 Å². The van der Waals surface area contributed by atoms with Gasteiger partial charge in [0.25, 0.3) is 0 Å². The number of nitrogens with zero attached hydrogens (tertiary/aromatic N) is 2. The summed E-state index contributed by atoms with van der Waals surface area (Å²) < 4.78 is 2.08. The lowest BCUT2D eigenvalue weighted by Crippen LogP contribution is -2.30. The lowest BCUT2D eigenvalue weighted by molar-refractivity contribution is 0.236. The van der Waals surface area contributed by atoms with Crippen LogP contribution in [0.25, 0.3) is 0 Å². The van der Waals surface area contributed by atoms with Crippen LogP contribution in [0.2, 0.25) is 0 Å². The summed E-state index contributed by atoms with van der Waals surface area (Å²) in [4.78, 5) is 0. The van der Waals surface area contributed by atoms with Crippen molar-refractivity contribution in [1.29, 1.82) is 0 Å². The molecule has 0 aliphatic carbocycles. The minimum atomic E-state index is 0.230. The van der Waals surface area contributed by atoms with Crippen LogP contribution in [0, 0.1) is 5.41 Å². The first kappa shape index (κ1) is 16.2. The van der Waals surface area contributed by atoms with Gasteiger partial charge in [-0.1, -0.05) is 20.8 Å². The number of rotatable bonds is 9. The first-order valence-corrected chi connectivity index (χ1v) is 7.39. The highest BCUT2D eigenvalue weighted by Crippen LogP contribution is 2.20. The molecule has 1 heterocycles. The van der Waals surface area contributed by atoms with E-state index in [1.165, 1.54) is 5.69 Å². The molecule has 110 valence electrons. The van der Waals surface area contributed by atoms with Crippen LogP contribution >= 0.6 is 0 Å². The number of nitrogens with one attached hydrogen (secondary N) is 1. The number of hydrogen-bond acceptors (Lipinski definition) is 3. The van der Waals surface area contributed by atoms with Crippen molar-refractivity contribution in [2.75, 3.05) is 13.2 Å². The van der Waals surface area contributed by atoms with Crippen molar-refractivity contribution in [1.82, 2.24) is 15.1 Å². The smallest absolute Gasteiger partial charge is 0.0625 e. The number of hydrogen-bond donors (Lipinski definition) is 2. The summed E-state index contributed by atoms with van der Waals surface area (Å²) in [6.45, 7) is 11.8. The van der Waals surface area contributed by atoms with Crippen LogP contribution in [0.1, 0.15) is 51.9 Å². The van der Waals surface area contributed by atoms with Crippen LogP contribution in [0.3, 0.4) is 0 Å². The standard InChI is InChI=1S/C15H29N3O/c1-5-13-10-14(18(6-2)17-13)11-16-12-15(3,4)8-7-9-19/h10,16,19H,5-9,11-12H2,1-4H3. The molecule has 2 N–H and O–H groups in total. The molecule has 1 rings (SSSR count). The first-order valence-electron chi connectivity index (χ1n) is 7.39. The topological polar surface area (TPSA) is 50.1 Å². The average Bonchev–Trinajstić information content (AvgIpc) is 2.79. The molecule has 19 heavy (non-hydrogen) atoms. The summed E-state index contributed by atoms with van der Waals surface area (Å²) in [5.41, 5.74) is 2.66. The van der Waals surface area contributed by atoms with Gasteiger partial charge in [-0.3, -0.25) is 4.68 Å². The summed E-state index contributed by atoms with van der Waals surface area (Å²) in [6, 6.07) is 2.19. The molecule has 0 aliphatic heterocycles. The zero-order valence-corrected chi connectivity index (χ0v) is 12.9. The number of aryl methyl sites for hydroxylation is 2. The Morgan fingerprint density at radius 3 is 2.68 bits per heavy atom. The molecule has 0 atom stereocenters. The Kier molecular flexibility index (Phi) is 6.52. The fraction of sp³-hybridized carbons (Fsp3) is 0.800. The molecule has 1 aromatic heterocycles. The van der Waals surface area contributed by atoms with Crippen LogP contribution in [0.5, 0.6) is 0 Å². The summed E-state index contributed by atoms with van der Waals surface area (Å²) in [7, 11) is 0. The molecule has 0 spiro atoms. The highest BCUT2D eigenvalue weighted by atomic mass is 16.2. The Bertz CT molecular complexity index is 371. The van der Waals surface area contributed by atoms with E-state index in [2.05, 4.69) is 48.9 Å². The summed E-state index contributed by atoms with van der Waals surface area (Å²) in [5, 5.41) is 17.0. The largest absolute Gasteiger partial charge is 0.396 e. The Hall–Kier alpha value is -0.870. The molecular formula is C15H29N3O. The molecule has 0 aliphatic rings. The van der Waals surface area contributed by atoms with Crippen LogP contribution in [0.4, 0.5) is 0 Å². The van der Waals surface area contributed by atoms with Gasteiger partial charge in [0, 0.05) is 26.2 Å². The Labute approximate surface area is 117 Å². The molecule has 1 aromatic rings. The maximum atomic E-state index is 8.90. The van der Waals surface area contributed by atoms with Gasteiger partial charge in [0.05, 0.1) is 11.4 Å². The van der Waals surface area contributed by atoms with Gasteiger partial charge < -0.3 is 10.4 Å². The first-order chi connectivity index (χ1) is 9.02. The van der Waals surface area contributed by atoms with Crippen molar-refractivity contribution in [2.45, 2.75) is 60.0 Å². The van der Waals surface area contributed by atoms with Gasteiger partial charge in [-0.15, -0.1) is 0 Å². The molecule has 4 nitrogen and oxygen atoms in total. The van der Waals surface area contributed by atoms with E-state index in [4.69, 9.17) is 5.11 Å². The molecule has 0 saturated heterocycles. The van der Waals surface area contributed by atoms with Crippen molar-refractivity contribution < 1.29 is 5.11 Å². The zero-order chi connectivity index (χ0) is 14.3. The maximum absolute atomic E-state index is 8.90. The van der Waals surface area contributed by atoms with Crippen molar-refractivity contribution in [3.8, 4) is 0 Å². The summed E-state index contributed by atoms with van der Waals surface area (Å²) in [5.74, 6) is 0. The van der Waals surface area contributed by atoms with Crippen LogP contribution < -0.4 is 5.32 Å². The predicted octanol–water partition coefficient (Wildman–Crippen LogP) is 2.35. The quantitative estimate of drug-likeness (QED) is 0.722. The lowest BCUT2D eigenvalue weighted by Gasteiger charge is -2.24. The molecule has 0 unspecified atom stereocenters. The third-order valence-electron chi connectivity index (χ3n) is 3.50. The molecule has 4 heteroatoms. The minimum absolute atomic E-state index is 0.230. The molecule has 0 amide bonds. The molecule has 0 bridgehead atoms. The van der Waals surface area contributed by atoms with E-state index in [0.29, 0.717) is 0 Å². The normalized spacial score (nSPS) is 12.1. The second-order valence-corrected chi connectivity index (χ2v) is 5.89. The number of aliphatic hydroxyl groups is 1. The minimum Gasteiger partial charge on any atom is -0.396 e. The average molecular weight is 267 g/mol. The van der Waals surface area contributed by atoms with Crippen molar-refractivity contribution in [2.24, 2.45) is 5.41 Å². The molecule has 0 saturated carbocycles. The van der Waals surface area contributed by atoms with Crippen LogP contribution in [-0.4, -0.2) is 28.0 Å². The second-order valence-electron chi connectivity index (χ2n) is 5.89. The highest BCUT2D eigenvalue weighted by Gasteiger charge is 2.17. The van der Waals surface area contributed by atoms with Gasteiger partial charge >= 0.3 is 0 Å². The predicted molar refractivity (Wildman–Crippen MR) is 79.1 cm³/mol. The molecular weight excluding hydrogens is 238 g/mol. The van der Waals surface area contributed by atoms with E-state index < -0.39 is 0 Å². The number of aromatic nitrogens is 2. The van der Waals surface area contributed by atoms with Crippen LogP contribution in [0.15, 0.2) is 6.07 Å². The van der Waals surface area contributed by atoms with E-state index >= 15 is 0 Å². The Morgan fingerprint density at radius 2 is 2.11 bits per heavy atom. The van der Waals surface area contributed by atoms with E-state index in [0.717, 1.165) is 44.6 Å². The number of aliphatic hydroxyl groups excluding tert-OH is 1. The summed E-state index contributed by atoms with van der Waals surface area (Å²) in [6.07, 6.45) is 2.91. The van der Waals surface area contributed by atoms with Gasteiger partial charge in [-0.05, 0) is 37.7 Å². The fourth-order valence-corrected chi connectivity index (χ4v) is 2.28. The molecule has 0 radical (unpaired) electrons. The zero-order valence-electron chi connectivity index (χ0n) is 12.9. The van der Waals surface area contributed by atoms with E-state index in [-0.39, 0.29) is 12.0 Å². The third-order valence-corrected chi connectivity index (χ3v) is 3.50. The second kappa shape index (κ2) is 7.65. The van der Waals surface area contributed by atoms with E-state index in [1.807, 2.05) is 0 Å². The monoisotopic (exact) mass is 267 g/mol. The molecule has 0 aromatic carbocycles. The van der Waals surface area contributed by atoms with Gasteiger partial charge in [0.15, 0.2) is 0 Å². The van der Waals surface area contributed by atoms with Gasteiger partial charge in [0.1, 0.15) is 0 Å². The van der Waals surface area contributed by atoms with Gasteiger partial charge in [0.2, 0.25) is 0 Å². The fourth-order valence-electron chi connectivity index (χ4n) is 2.28. The van der Waals surface area contributed by atoms with Crippen molar-refractivity contribution >= 4 is 0 Å². The van der Waals surface area contributed by atoms with Gasteiger partial charge in [-0.25, -0.2) is 0 Å². The maximum Gasteiger partial charge on any atom is 0.0625 e. The lowest BCUT2D eigenvalue weighted by atomic mass is 9.88.